The first-order chi connectivity index (χ1) is 20.0. The maximum atomic E-state index is 14.2. The van der Waals surface area contributed by atoms with Crippen molar-refractivity contribution >= 4 is 39.1 Å². The van der Waals surface area contributed by atoms with Gasteiger partial charge in [0.25, 0.3) is 10.0 Å². The predicted octanol–water partition coefficient (Wildman–Crippen LogP) is 5.88. The highest BCUT2D eigenvalue weighted by Crippen LogP contribution is 2.32. The van der Waals surface area contributed by atoms with Crippen LogP contribution in [0.5, 0.6) is 5.75 Å². The first kappa shape index (κ1) is 32.9. The van der Waals surface area contributed by atoms with Crippen LogP contribution in [0.3, 0.4) is 0 Å². The van der Waals surface area contributed by atoms with Crippen molar-refractivity contribution in [1.29, 1.82) is 0 Å². The monoisotopic (exact) mass is 613 g/mol. The molecule has 2 amide bonds. The van der Waals surface area contributed by atoms with Crippen LogP contribution in [0.4, 0.5) is 5.69 Å². The van der Waals surface area contributed by atoms with E-state index in [1.54, 1.807) is 24.3 Å². The molecule has 0 heterocycles. The normalized spacial score (nSPS) is 12.0. The number of unbranched alkanes of at least 4 members (excludes halogenated alkanes) is 1. The smallest absolute Gasteiger partial charge is 0.264 e. The van der Waals surface area contributed by atoms with Crippen molar-refractivity contribution < 1.29 is 22.7 Å². The molecule has 42 heavy (non-hydrogen) atoms. The summed E-state index contributed by atoms with van der Waals surface area (Å²) in [6, 6.07) is 17.8. The van der Waals surface area contributed by atoms with Crippen LogP contribution in [-0.2, 0) is 26.2 Å². The Morgan fingerprint density at radius 1 is 1.00 bits per heavy atom. The molecule has 0 bridgehead atoms. The number of ether oxygens (including phenoxy) is 1. The summed E-state index contributed by atoms with van der Waals surface area (Å²) in [6.07, 6.45) is 2.09. The molecule has 0 saturated carbocycles. The second kappa shape index (κ2) is 15.1. The zero-order valence-electron chi connectivity index (χ0n) is 24.9. The summed E-state index contributed by atoms with van der Waals surface area (Å²) in [4.78, 5) is 29.0. The fourth-order valence-corrected chi connectivity index (χ4v) is 6.23. The van der Waals surface area contributed by atoms with Crippen molar-refractivity contribution in [3.63, 3.8) is 0 Å². The lowest BCUT2D eigenvalue weighted by atomic mass is 10.1. The molecule has 3 aromatic carbocycles. The van der Waals surface area contributed by atoms with Crippen LogP contribution < -0.4 is 14.4 Å². The molecule has 0 aliphatic rings. The fourth-order valence-electron chi connectivity index (χ4n) is 4.57. The van der Waals surface area contributed by atoms with Crippen LogP contribution >= 0.6 is 11.6 Å². The summed E-state index contributed by atoms with van der Waals surface area (Å²) in [6.45, 7) is 7.78. The highest BCUT2D eigenvalue weighted by atomic mass is 35.5. The van der Waals surface area contributed by atoms with Gasteiger partial charge < -0.3 is 15.0 Å². The quantitative estimate of drug-likeness (QED) is 0.229. The zero-order chi connectivity index (χ0) is 30.9. The fraction of sp³-hybridized carbons (Fsp3) is 0.375. The number of halogens is 1. The summed E-state index contributed by atoms with van der Waals surface area (Å²) >= 11 is 6.39. The number of methoxy groups -OCH3 is 1. The Kier molecular flexibility index (Phi) is 11.8. The van der Waals surface area contributed by atoms with E-state index in [2.05, 4.69) is 5.32 Å². The molecule has 226 valence electrons. The molecule has 0 aromatic heterocycles. The SMILES string of the molecule is CCCCNC(=O)[C@H](CC)N(Cc1ccccc1C)C(=O)CN(c1ccc(OC)c(Cl)c1)S(=O)(=O)c1ccc(C)cc1. The van der Waals surface area contributed by atoms with Crippen LogP contribution in [0, 0.1) is 13.8 Å². The van der Waals surface area contributed by atoms with E-state index in [9.17, 15) is 18.0 Å². The van der Waals surface area contributed by atoms with Gasteiger partial charge >= 0.3 is 0 Å². The van der Waals surface area contributed by atoms with Gasteiger partial charge in [0.1, 0.15) is 18.3 Å². The summed E-state index contributed by atoms with van der Waals surface area (Å²) in [5.41, 5.74) is 2.92. The minimum Gasteiger partial charge on any atom is -0.495 e. The molecule has 3 rings (SSSR count). The molecule has 8 nitrogen and oxygen atoms in total. The highest BCUT2D eigenvalue weighted by Gasteiger charge is 2.34. The largest absolute Gasteiger partial charge is 0.495 e. The Labute approximate surface area is 254 Å². The van der Waals surface area contributed by atoms with E-state index in [1.165, 1.54) is 30.2 Å². The van der Waals surface area contributed by atoms with Gasteiger partial charge in [-0.3, -0.25) is 13.9 Å². The van der Waals surface area contributed by atoms with Crippen LogP contribution in [0.1, 0.15) is 49.8 Å². The Balaban J connectivity index is 2.08. The average Bonchev–Trinajstić information content (AvgIpc) is 2.97. The lowest BCUT2D eigenvalue weighted by molar-refractivity contribution is -0.140. The van der Waals surface area contributed by atoms with Gasteiger partial charge in [-0.2, -0.15) is 0 Å². The van der Waals surface area contributed by atoms with Gasteiger partial charge in [0.2, 0.25) is 11.8 Å². The molecule has 0 spiro atoms. The number of amides is 2. The number of hydrogen-bond donors (Lipinski definition) is 1. The first-order valence-corrected chi connectivity index (χ1v) is 15.9. The van der Waals surface area contributed by atoms with Crippen LogP contribution in [-0.4, -0.2) is 51.4 Å². The second-order valence-corrected chi connectivity index (χ2v) is 12.4. The molecule has 0 aliphatic heterocycles. The van der Waals surface area contributed by atoms with Crippen LogP contribution in [0.15, 0.2) is 71.6 Å². The second-order valence-electron chi connectivity index (χ2n) is 10.2. The van der Waals surface area contributed by atoms with Crippen molar-refractivity contribution in [3.05, 3.63) is 88.4 Å². The molecule has 0 saturated heterocycles. The molecular weight excluding hydrogens is 574 g/mol. The van der Waals surface area contributed by atoms with Crippen molar-refractivity contribution in [1.82, 2.24) is 10.2 Å². The Hall–Kier alpha value is -3.56. The summed E-state index contributed by atoms with van der Waals surface area (Å²) in [5.74, 6) is -0.415. The number of aryl methyl sites for hydroxylation is 2. The van der Waals surface area contributed by atoms with Gasteiger partial charge in [0.15, 0.2) is 0 Å². The topological polar surface area (TPSA) is 96.0 Å². The van der Waals surface area contributed by atoms with E-state index >= 15 is 0 Å². The third-order valence-electron chi connectivity index (χ3n) is 7.13. The van der Waals surface area contributed by atoms with Gasteiger partial charge in [-0.15, -0.1) is 0 Å². The highest BCUT2D eigenvalue weighted by molar-refractivity contribution is 7.92. The summed E-state index contributed by atoms with van der Waals surface area (Å²) in [7, 11) is -2.74. The molecule has 0 radical (unpaired) electrons. The molecule has 0 aliphatic carbocycles. The van der Waals surface area contributed by atoms with Crippen molar-refractivity contribution in [2.45, 2.75) is 64.4 Å². The predicted molar refractivity (Wildman–Crippen MR) is 167 cm³/mol. The summed E-state index contributed by atoms with van der Waals surface area (Å²) in [5, 5.41) is 3.14. The van der Waals surface area contributed by atoms with Crippen molar-refractivity contribution in [2.75, 3.05) is 24.5 Å². The molecule has 0 fully saturated rings. The number of benzene rings is 3. The number of nitrogens with zero attached hydrogens (tertiary/aromatic N) is 2. The lowest BCUT2D eigenvalue weighted by Crippen LogP contribution is -2.52. The number of rotatable bonds is 14. The lowest BCUT2D eigenvalue weighted by Gasteiger charge is -2.33. The van der Waals surface area contributed by atoms with E-state index in [4.69, 9.17) is 16.3 Å². The maximum Gasteiger partial charge on any atom is 0.264 e. The van der Waals surface area contributed by atoms with Gasteiger partial charge in [-0.1, -0.05) is 73.8 Å². The van der Waals surface area contributed by atoms with E-state index < -0.39 is 28.5 Å². The number of hydrogen-bond acceptors (Lipinski definition) is 5. The Bertz CT molecular complexity index is 1480. The Morgan fingerprint density at radius 3 is 2.29 bits per heavy atom. The van der Waals surface area contributed by atoms with Gasteiger partial charge in [0.05, 0.1) is 22.7 Å². The molecular formula is C32H40ClN3O5S. The van der Waals surface area contributed by atoms with Crippen LogP contribution in [0.2, 0.25) is 5.02 Å². The molecule has 1 atom stereocenters. The number of carbonyl (C=O) groups is 2. The molecule has 3 aromatic rings. The first-order valence-electron chi connectivity index (χ1n) is 14.1. The minimum absolute atomic E-state index is 0.0302. The van der Waals surface area contributed by atoms with E-state index in [0.717, 1.165) is 33.8 Å². The van der Waals surface area contributed by atoms with Gasteiger partial charge in [0, 0.05) is 13.1 Å². The molecule has 10 heteroatoms. The third-order valence-corrected chi connectivity index (χ3v) is 9.21. The van der Waals surface area contributed by atoms with Crippen molar-refractivity contribution in [2.24, 2.45) is 0 Å². The average molecular weight is 614 g/mol. The van der Waals surface area contributed by atoms with E-state index in [0.29, 0.717) is 18.7 Å². The van der Waals surface area contributed by atoms with Crippen molar-refractivity contribution in [3.8, 4) is 5.75 Å². The van der Waals surface area contributed by atoms with E-state index in [1.807, 2.05) is 52.0 Å². The van der Waals surface area contributed by atoms with Gasteiger partial charge in [-0.05, 0) is 68.1 Å². The zero-order valence-corrected chi connectivity index (χ0v) is 26.5. The number of nitrogens with one attached hydrogen (secondary N) is 1. The minimum atomic E-state index is -4.20. The molecule has 1 N–H and O–H groups in total. The number of sulfonamides is 1. The van der Waals surface area contributed by atoms with Gasteiger partial charge in [-0.25, -0.2) is 8.42 Å². The maximum absolute atomic E-state index is 14.2. The van der Waals surface area contributed by atoms with Crippen LogP contribution in [0.25, 0.3) is 0 Å². The third kappa shape index (κ3) is 8.04. The van der Waals surface area contributed by atoms with E-state index in [-0.39, 0.29) is 28.1 Å². The standard InChI is InChI=1S/C32H40ClN3O5S/c1-6-8-19-34-32(38)29(7-2)35(21-25-12-10-9-11-24(25)4)31(37)22-36(26-15-18-30(41-5)28(33)20-26)42(39,40)27-16-13-23(3)14-17-27/h9-18,20,29H,6-8,19,21-22H2,1-5H3,(H,34,38)/t29-/m0/s1. The molecule has 0 unspecified atom stereocenters. The Morgan fingerprint density at radius 2 is 1.69 bits per heavy atom. The number of carbonyl (C=O) groups excluding carboxylic acids is 2. The number of anilines is 1. The summed E-state index contributed by atoms with van der Waals surface area (Å²) < 4.78 is 34.4.